The molecule has 8 heteroatoms. The first-order chi connectivity index (χ1) is 15.8. The summed E-state index contributed by atoms with van der Waals surface area (Å²) in [7, 11) is 0. The molecule has 34 heavy (non-hydrogen) atoms. The average Bonchev–Trinajstić information content (AvgIpc) is 3.29. The van der Waals surface area contributed by atoms with Crippen molar-refractivity contribution in [3.8, 4) is 0 Å². The number of aromatic nitrogens is 1. The summed E-state index contributed by atoms with van der Waals surface area (Å²) in [6, 6.07) is 14.7. The highest BCUT2D eigenvalue weighted by atomic mass is 79.9. The second kappa shape index (κ2) is 11.5. The second-order valence-corrected chi connectivity index (χ2v) is 10.1. The second-order valence-electron chi connectivity index (χ2n) is 8.25. The molecule has 0 unspecified atom stereocenters. The van der Waals surface area contributed by atoms with Crippen LogP contribution in [0.1, 0.15) is 55.2 Å². The minimum atomic E-state index is -0.100. The topological polar surface area (TPSA) is 62.1 Å². The van der Waals surface area contributed by atoms with Crippen LogP contribution < -0.4 is 27.6 Å². The Kier molecular flexibility index (Phi) is 8.90. The average molecular weight is 608 g/mol. The summed E-state index contributed by atoms with van der Waals surface area (Å²) in [5, 5.41) is 6.16. The van der Waals surface area contributed by atoms with E-state index in [2.05, 4.69) is 60.9 Å². The van der Waals surface area contributed by atoms with Crippen LogP contribution in [0.4, 0.5) is 0 Å². The third kappa shape index (κ3) is 5.70. The zero-order valence-electron chi connectivity index (χ0n) is 19.1. The van der Waals surface area contributed by atoms with Crippen molar-refractivity contribution in [2.24, 2.45) is 0 Å². The number of carbonyl (C=O) groups is 2. The predicted octanol–water partition coefficient (Wildman–Crippen LogP) is 1.93. The van der Waals surface area contributed by atoms with Crippen LogP contribution in [0.2, 0.25) is 0 Å². The minimum Gasteiger partial charge on any atom is -1.00 e. The Hall–Kier alpha value is -2.22. The minimum absolute atomic E-state index is 0. The molecule has 0 aliphatic carbocycles. The summed E-state index contributed by atoms with van der Waals surface area (Å²) in [6.07, 6.45) is 2.08. The van der Waals surface area contributed by atoms with Crippen LogP contribution >= 0.6 is 31.9 Å². The Morgan fingerprint density at radius 2 is 1.29 bits per heavy atom. The van der Waals surface area contributed by atoms with E-state index < -0.39 is 0 Å². The van der Waals surface area contributed by atoms with Crippen LogP contribution in [-0.2, 0) is 26.1 Å². The lowest BCUT2D eigenvalue weighted by atomic mass is 9.98. The van der Waals surface area contributed by atoms with Gasteiger partial charge in [0.25, 0.3) is 11.8 Å². The molecule has 2 amide bonds. The van der Waals surface area contributed by atoms with E-state index in [4.69, 9.17) is 0 Å². The molecule has 0 saturated carbocycles. The van der Waals surface area contributed by atoms with Crippen molar-refractivity contribution < 1.29 is 26.6 Å². The van der Waals surface area contributed by atoms with Gasteiger partial charge in [-0.15, -0.1) is 0 Å². The van der Waals surface area contributed by atoms with Gasteiger partial charge in [-0.3, -0.25) is 9.59 Å². The quantitative estimate of drug-likeness (QED) is 0.421. The SMILES string of the molecule is Cc1c(CNC(=O)c2ccc(Br)cc2)c(C)[n+]2c(c1CNC(=O)c1ccc(Br)cc1)CCC2.[Cl-]. The van der Waals surface area contributed by atoms with Crippen LogP contribution in [0.25, 0.3) is 0 Å². The Bertz CT molecular complexity index is 1210. The number of hydrogen-bond acceptors (Lipinski definition) is 2. The van der Waals surface area contributed by atoms with Gasteiger partial charge >= 0.3 is 0 Å². The number of hydrogen-bond donors (Lipinski definition) is 2. The molecular formula is C26H26Br2ClN3O2. The molecule has 2 heterocycles. The number of halogens is 3. The van der Waals surface area contributed by atoms with Crippen LogP contribution in [0.3, 0.4) is 0 Å². The zero-order chi connectivity index (χ0) is 23.5. The van der Waals surface area contributed by atoms with Crippen molar-refractivity contribution in [2.45, 2.75) is 46.3 Å². The van der Waals surface area contributed by atoms with Gasteiger partial charge in [-0.1, -0.05) is 31.9 Å². The fraction of sp³-hybridized carbons (Fsp3) is 0.269. The van der Waals surface area contributed by atoms with Gasteiger partial charge in [0.05, 0.1) is 0 Å². The third-order valence-electron chi connectivity index (χ3n) is 6.28. The molecule has 3 aromatic rings. The molecule has 0 fully saturated rings. The number of fused-ring (bicyclic) bond motifs is 1. The van der Waals surface area contributed by atoms with Gasteiger partial charge in [0.15, 0.2) is 11.4 Å². The molecule has 4 rings (SSSR count). The van der Waals surface area contributed by atoms with E-state index in [9.17, 15) is 9.59 Å². The Morgan fingerprint density at radius 1 is 0.824 bits per heavy atom. The van der Waals surface area contributed by atoms with E-state index in [0.29, 0.717) is 24.2 Å². The fourth-order valence-corrected chi connectivity index (χ4v) is 4.96. The molecule has 1 aliphatic rings. The molecule has 0 saturated heterocycles. The Balaban J connectivity index is 0.00000324. The van der Waals surface area contributed by atoms with Crippen LogP contribution in [0, 0.1) is 13.8 Å². The summed E-state index contributed by atoms with van der Waals surface area (Å²) in [5.74, 6) is -0.193. The van der Waals surface area contributed by atoms with Crippen LogP contribution in [0.5, 0.6) is 0 Å². The number of nitrogens with zero attached hydrogens (tertiary/aromatic N) is 1. The number of nitrogens with one attached hydrogen (secondary N) is 2. The lowest BCUT2D eigenvalue weighted by molar-refractivity contribution is -0.697. The maximum atomic E-state index is 12.7. The molecular weight excluding hydrogens is 582 g/mol. The molecule has 1 aromatic heterocycles. The molecule has 1 aliphatic heterocycles. The molecule has 0 spiro atoms. The zero-order valence-corrected chi connectivity index (χ0v) is 23.0. The molecule has 2 N–H and O–H groups in total. The number of rotatable bonds is 6. The van der Waals surface area contributed by atoms with Crippen molar-refractivity contribution in [1.29, 1.82) is 0 Å². The van der Waals surface area contributed by atoms with Gasteiger partial charge in [0, 0.05) is 64.1 Å². The van der Waals surface area contributed by atoms with Crippen molar-refractivity contribution in [2.75, 3.05) is 0 Å². The molecule has 2 aromatic carbocycles. The Labute approximate surface area is 223 Å². The van der Waals surface area contributed by atoms with Crippen molar-refractivity contribution >= 4 is 43.7 Å². The van der Waals surface area contributed by atoms with E-state index >= 15 is 0 Å². The van der Waals surface area contributed by atoms with E-state index in [1.54, 1.807) is 12.1 Å². The highest BCUT2D eigenvalue weighted by Gasteiger charge is 2.30. The van der Waals surface area contributed by atoms with Crippen molar-refractivity contribution in [3.05, 3.63) is 96.7 Å². The highest BCUT2D eigenvalue weighted by Crippen LogP contribution is 2.23. The number of amides is 2. The summed E-state index contributed by atoms with van der Waals surface area (Å²) in [5.41, 5.74) is 7.12. The van der Waals surface area contributed by atoms with Gasteiger partial charge in [0.1, 0.15) is 6.54 Å². The van der Waals surface area contributed by atoms with Gasteiger partial charge < -0.3 is 23.0 Å². The normalized spacial score (nSPS) is 12.0. The third-order valence-corrected chi connectivity index (χ3v) is 7.34. The predicted molar refractivity (Wildman–Crippen MR) is 135 cm³/mol. The molecule has 5 nitrogen and oxygen atoms in total. The molecule has 0 radical (unpaired) electrons. The maximum absolute atomic E-state index is 12.7. The lowest BCUT2D eigenvalue weighted by Crippen LogP contribution is -3.00. The lowest BCUT2D eigenvalue weighted by Gasteiger charge is -2.16. The van der Waals surface area contributed by atoms with Gasteiger partial charge in [-0.2, -0.15) is 4.57 Å². The number of benzene rings is 2. The highest BCUT2D eigenvalue weighted by molar-refractivity contribution is 9.10. The summed E-state index contributed by atoms with van der Waals surface area (Å²) in [6.45, 7) is 6.08. The maximum Gasteiger partial charge on any atom is 0.251 e. The van der Waals surface area contributed by atoms with Crippen molar-refractivity contribution in [1.82, 2.24) is 10.6 Å². The summed E-state index contributed by atoms with van der Waals surface area (Å²) < 4.78 is 4.22. The van der Waals surface area contributed by atoms with E-state index in [1.807, 2.05) is 36.4 Å². The smallest absolute Gasteiger partial charge is 0.251 e. The molecule has 0 atom stereocenters. The molecule has 0 bridgehead atoms. The number of pyridine rings is 1. The first-order valence-electron chi connectivity index (χ1n) is 11.0. The number of carbonyl (C=O) groups excluding carboxylic acids is 2. The van der Waals surface area contributed by atoms with Crippen LogP contribution in [0.15, 0.2) is 57.5 Å². The fourth-order valence-electron chi connectivity index (χ4n) is 4.43. The van der Waals surface area contributed by atoms with E-state index in [1.165, 1.54) is 11.4 Å². The van der Waals surface area contributed by atoms with E-state index in [0.717, 1.165) is 45.0 Å². The van der Waals surface area contributed by atoms with Crippen LogP contribution in [-0.4, -0.2) is 11.8 Å². The van der Waals surface area contributed by atoms with Gasteiger partial charge in [0.2, 0.25) is 0 Å². The molecule has 178 valence electrons. The van der Waals surface area contributed by atoms with Crippen molar-refractivity contribution in [3.63, 3.8) is 0 Å². The van der Waals surface area contributed by atoms with E-state index in [-0.39, 0.29) is 24.2 Å². The van der Waals surface area contributed by atoms with Gasteiger partial charge in [-0.25, -0.2) is 0 Å². The first kappa shape index (κ1) is 26.4. The largest absolute Gasteiger partial charge is 1.00 e. The van der Waals surface area contributed by atoms with Gasteiger partial charge in [-0.05, 0) is 61.0 Å². The standard InChI is InChI=1S/C26H25Br2N3O2.ClH/c1-16-22(14-29-25(32)18-5-9-20(27)10-6-18)17(2)31-13-3-4-24(31)23(16)15-30-26(33)19-7-11-21(28)12-8-19;/h5-12H,3-4,13-15H2,1-2H3,(H-,29,30,32,33);1H. The first-order valence-corrected chi connectivity index (χ1v) is 12.5. The summed E-state index contributed by atoms with van der Waals surface area (Å²) in [4.78, 5) is 25.4. The Morgan fingerprint density at radius 3 is 1.79 bits per heavy atom. The monoisotopic (exact) mass is 605 g/mol. The summed E-state index contributed by atoms with van der Waals surface area (Å²) >= 11 is 6.81.